The van der Waals surface area contributed by atoms with Gasteiger partial charge in [-0.05, 0) is 24.3 Å². The fraction of sp³-hybridized carbons (Fsp3) is 0.200. The molecule has 4 nitrogen and oxygen atoms in total. The van der Waals surface area contributed by atoms with Gasteiger partial charge < -0.3 is 4.57 Å². The van der Waals surface area contributed by atoms with E-state index in [-0.39, 0.29) is 16.9 Å². The highest BCUT2D eigenvalue weighted by Crippen LogP contribution is 2.27. The fourth-order valence-corrected chi connectivity index (χ4v) is 2.45. The topological polar surface area (TPSA) is 39.8 Å². The van der Waals surface area contributed by atoms with Crippen LogP contribution in [0.1, 0.15) is 17.9 Å². The van der Waals surface area contributed by atoms with Crippen LogP contribution in [0.25, 0.3) is 11.0 Å². The third kappa shape index (κ3) is 2.77. The van der Waals surface area contributed by atoms with Crippen LogP contribution in [-0.4, -0.2) is 14.1 Å². The number of fused-ring (bicyclic) bond motifs is 1. The summed E-state index contributed by atoms with van der Waals surface area (Å²) in [6.07, 6.45) is -3.71. The SMILES string of the molecule is O=c1c(C(F)(F)F)cccn1Cc1nc2ccccc2n1C(F)F. The van der Waals surface area contributed by atoms with Gasteiger partial charge in [0, 0.05) is 6.20 Å². The van der Waals surface area contributed by atoms with Gasteiger partial charge in [0.2, 0.25) is 0 Å². The highest BCUT2D eigenvalue weighted by Gasteiger charge is 2.34. The van der Waals surface area contributed by atoms with Crippen molar-refractivity contribution in [2.45, 2.75) is 19.3 Å². The number of alkyl halides is 5. The third-order valence-electron chi connectivity index (χ3n) is 3.50. The van der Waals surface area contributed by atoms with Crippen LogP contribution in [0.4, 0.5) is 22.0 Å². The van der Waals surface area contributed by atoms with Gasteiger partial charge in [-0.3, -0.25) is 9.36 Å². The number of hydrogen-bond acceptors (Lipinski definition) is 2. The average Bonchev–Trinajstić information content (AvgIpc) is 2.86. The Bertz CT molecular complexity index is 942. The lowest BCUT2D eigenvalue weighted by Crippen LogP contribution is -2.29. The van der Waals surface area contributed by atoms with Crippen molar-refractivity contribution in [1.29, 1.82) is 0 Å². The van der Waals surface area contributed by atoms with Crippen molar-refractivity contribution >= 4 is 11.0 Å². The van der Waals surface area contributed by atoms with Crippen molar-refractivity contribution in [1.82, 2.24) is 14.1 Å². The maximum absolute atomic E-state index is 13.3. The first-order valence-corrected chi connectivity index (χ1v) is 6.79. The van der Waals surface area contributed by atoms with E-state index in [0.717, 1.165) is 12.3 Å². The van der Waals surface area contributed by atoms with E-state index in [4.69, 9.17) is 0 Å². The van der Waals surface area contributed by atoms with Gasteiger partial charge in [-0.2, -0.15) is 22.0 Å². The van der Waals surface area contributed by atoms with Gasteiger partial charge in [-0.1, -0.05) is 12.1 Å². The number of nitrogens with zero attached hydrogens (tertiary/aromatic N) is 3. The predicted octanol–water partition coefficient (Wildman–Crippen LogP) is 3.66. The molecule has 9 heteroatoms. The number of aromatic nitrogens is 3. The quantitative estimate of drug-likeness (QED) is 0.681. The molecule has 3 aromatic rings. The lowest BCUT2D eigenvalue weighted by atomic mass is 10.2. The number of benzene rings is 1. The lowest BCUT2D eigenvalue weighted by Gasteiger charge is -2.11. The summed E-state index contributed by atoms with van der Waals surface area (Å²) in [7, 11) is 0. The molecule has 0 amide bonds. The predicted molar refractivity (Wildman–Crippen MR) is 75.8 cm³/mol. The molecule has 0 bridgehead atoms. The van der Waals surface area contributed by atoms with Crippen LogP contribution in [0.15, 0.2) is 47.4 Å². The molecule has 0 atom stereocenters. The Morgan fingerprint density at radius 2 is 1.79 bits per heavy atom. The zero-order chi connectivity index (χ0) is 17.5. The standard InChI is InChI=1S/C15H10F5N3O/c16-14(17)23-11-6-2-1-5-10(11)21-12(23)8-22-7-3-4-9(13(22)24)15(18,19)20/h1-7,14H,8H2. The van der Waals surface area contributed by atoms with Crippen molar-refractivity contribution in [3.8, 4) is 0 Å². The second-order valence-electron chi connectivity index (χ2n) is 5.02. The molecule has 0 aliphatic carbocycles. The van der Waals surface area contributed by atoms with Gasteiger partial charge in [0.05, 0.1) is 17.6 Å². The Morgan fingerprint density at radius 1 is 1.08 bits per heavy atom. The second-order valence-corrected chi connectivity index (χ2v) is 5.02. The third-order valence-corrected chi connectivity index (χ3v) is 3.50. The summed E-state index contributed by atoms with van der Waals surface area (Å²) in [6.45, 7) is -3.43. The molecule has 3 rings (SSSR count). The Balaban J connectivity index is 2.12. The normalized spacial score (nSPS) is 12.2. The van der Waals surface area contributed by atoms with Gasteiger partial charge in [0.1, 0.15) is 11.4 Å². The monoisotopic (exact) mass is 343 g/mol. The van der Waals surface area contributed by atoms with Crippen LogP contribution in [-0.2, 0) is 12.7 Å². The second kappa shape index (κ2) is 5.73. The molecule has 126 valence electrons. The molecule has 1 aromatic carbocycles. The molecule has 0 N–H and O–H groups in total. The smallest absolute Gasteiger partial charge is 0.307 e. The molecule has 0 radical (unpaired) electrons. The van der Waals surface area contributed by atoms with Crippen LogP contribution < -0.4 is 5.56 Å². The summed E-state index contributed by atoms with van der Waals surface area (Å²) in [5.41, 5.74) is -2.25. The zero-order valence-corrected chi connectivity index (χ0v) is 12.0. The Kier molecular flexibility index (Phi) is 3.86. The van der Waals surface area contributed by atoms with Gasteiger partial charge >= 0.3 is 12.7 Å². The number of rotatable bonds is 3. The summed E-state index contributed by atoms with van der Waals surface area (Å²) in [6, 6.07) is 7.77. The van der Waals surface area contributed by atoms with Crippen LogP contribution in [0, 0.1) is 0 Å². The number of pyridine rings is 1. The first-order valence-electron chi connectivity index (χ1n) is 6.79. The lowest BCUT2D eigenvalue weighted by molar-refractivity contribution is -0.139. The fourth-order valence-electron chi connectivity index (χ4n) is 2.45. The van der Waals surface area contributed by atoms with E-state index >= 15 is 0 Å². The van der Waals surface area contributed by atoms with E-state index in [1.54, 1.807) is 12.1 Å². The van der Waals surface area contributed by atoms with Gasteiger partial charge in [0.15, 0.2) is 0 Å². The molecule has 0 fully saturated rings. The maximum Gasteiger partial charge on any atom is 0.421 e. The minimum absolute atomic E-state index is 0.141. The molecule has 0 unspecified atom stereocenters. The molecule has 0 aliphatic rings. The molecule has 0 spiro atoms. The summed E-state index contributed by atoms with van der Waals surface area (Å²) in [5, 5.41) is 0. The van der Waals surface area contributed by atoms with Crippen LogP contribution in [0.5, 0.6) is 0 Å². The Labute approximate surface area is 131 Å². The van der Waals surface area contributed by atoms with Crippen LogP contribution in [0.2, 0.25) is 0 Å². The summed E-state index contributed by atoms with van der Waals surface area (Å²) in [5.74, 6) is -0.201. The van der Waals surface area contributed by atoms with E-state index in [1.807, 2.05) is 0 Å². The van der Waals surface area contributed by atoms with E-state index in [1.165, 1.54) is 12.1 Å². The van der Waals surface area contributed by atoms with Gasteiger partial charge in [-0.25, -0.2) is 4.98 Å². The Hall–Kier alpha value is -2.71. The van der Waals surface area contributed by atoms with Crippen molar-refractivity contribution in [3.63, 3.8) is 0 Å². The van der Waals surface area contributed by atoms with Crippen molar-refractivity contribution in [2.75, 3.05) is 0 Å². The van der Waals surface area contributed by atoms with E-state index in [2.05, 4.69) is 4.98 Å². The van der Waals surface area contributed by atoms with Gasteiger partial charge in [-0.15, -0.1) is 0 Å². The first kappa shape index (κ1) is 16.2. The van der Waals surface area contributed by atoms with Crippen LogP contribution >= 0.6 is 0 Å². The molecular formula is C15H10F5N3O. The number of para-hydroxylation sites is 2. The Morgan fingerprint density at radius 3 is 2.46 bits per heavy atom. The van der Waals surface area contributed by atoms with Crippen molar-refractivity contribution < 1.29 is 22.0 Å². The summed E-state index contributed by atoms with van der Waals surface area (Å²) < 4.78 is 66.3. The molecule has 2 aromatic heterocycles. The van der Waals surface area contributed by atoms with Crippen molar-refractivity contribution in [2.24, 2.45) is 0 Å². The summed E-state index contributed by atoms with van der Waals surface area (Å²) in [4.78, 5) is 15.9. The molecule has 2 heterocycles. The number of imidazole rings is 1. The highest BCUT2D eigenvalue weighted by molar-refractivity contribution is 5.75. The van der Waals surface area contributed by atoms with Crippen molar-refractivity contribution in [3.05, 3.63) is 64.3 Å². The number of halogens is 5. The maximum atomic E-state index is 13.3. The first-order chi connectivity index (χ1) is 11.3. The molecule has 0 aliphatic heterocycles. The number of hydrogen-bond donors (Lipinski definition) is 0. The van der Waals surface area contributed by atoms with E-state index in [9.17, 15) is 26.7 Å². The molecule has 0 saturated heterocycles. The van der Waals surface area contributed by atoms with E-state index in [0.29, 0.717) is 15.2 Å². The minimum atomic E-state index is -4.82. The van der Waals surface area contributed by atoms with E-state index < -0.39 is 30.4 Å². The average molecular weight is 343 g/mol. The molecule has 0 saturated carbocycles. The van der Waals surface area contributed by atoms with Crippen LogP contribution in [0.3, 0.4) is 0 Å². The largest absolute Gasteiger partial charge is 0.421 e. The van der Waals surface area contributed by atoms with Gasteiger partial charge in [0.25, 0.3) is 5.56 Å². The summed E-state index contributed by atoms with van der Waals surface area (Å²) >= 11 is 0. The minimum Gasteiger partial charge on any atom is -0.307 e. The molecule has 24 heavy (non-hydrogen) atoms. The zero-order valence-electron chi connectivity index (χ0n) is 12.0. The molecular weight excluding hydrogens is 333 g/mol. The highest BCUT2D eigenvalue weighted by atomic mass is 19.4.